The summed E-state index contributed by atoms with van der Waals surface area (Å²) >= 11 is 0. The number of ether oxygens (including phenoxy) is 1. The van der Waals surface area contributed by atoms with Crippen molar-refractivity contribution in [2.24, 2.45) is 0 Å². The van der Waals surface area contributed by atoms with Crippen molar-refractivity contribution < 1.29 is 9.53 Å². The van der Waals surface area contributed by atoms with Crippen LogP contribution in [0.25, 0.3) is 0 Å². The molecule has 0 saturated carbocycles. The van der Waals surface area contributed by atoms with E-state index in [1.807, 2.05) is 26.0 Å². The smallest absolute Gasteiger partial charge is 0.343 e. The minimum atomic E-state index is -0.609. The first-order valence-corrected chi connectivity index (χ1v) is 8.56. The standard InChI is InChI=1S/C18H21N5O2/c1-18(2)13-6-9-19-15(14(13)16(24)25-18)22-12-5-3-10-23(11-12)17-20-7-4-8-21-17/h4,6-9,12H,3,5,10-11H2,1-2H3,(H,19,22)/t12-/m0/s1. The fraction of sp³-hybridized carbons (Fsp3) is 0.444. The number of esters is 1. The topological polar surface area (TPSA) is 80.2 Å². The summed E-state index contributed by atoms with van der Waals surface area (Å²) in [6.07, 6.45) is 7.27. The van der Waals surface area contributed by atoms with Gasteiger partial charge in [0.2, 0.25) is 5.95 Å². The van der Waals surface area contributed by atoms with E-state index in [0.29, 0.717) is 11.4 Å². The van der Waals surface area contributed by atoms with Gasteiger partial charge >= 0.3 is 5.97 Å². The lowest BCUT2D eigenvalue weighted by molar-refractivity contribution is 0.00958. The van der Waals surface area contributed by atoms with Crippen molar-refractivity contribution in [3.05, 3.63) is 41.9 Å². The van der Waals surface area contributed by atoms with Crippen molar-refractivity contribution >= 4 is 17.7 Å². The van der Waals surface area contributed by atoms with Crippen molar-refractivity contribution in [3.63, 3.8) is 0 Å². The summed E-state index contributed by atoms with van der Waals surface area (Å²) in [7, 11) is 0. The van der Waals surface area contributed by atoms with Crippen LogP contribution in [0.4, 0.5) is 11.8 Å². The van der Waals surface area contributed by atoms with E-state index in [-0.39, 0.29) is 12.0 Å². The Hall–Kier alpha value is -2.70. The van der Waals surface area contributed by atoms with E-state index in [4.69, 9.17) is 4.74 Å². The predicted octanol–water partition coefficient (Wildman–Crippen LogP) is 2.36. The molecule has 1 N–H and O–H groups in total. The number of hydrogen-bond donors (Lipinski definition) is 1. The van der Waals surface area contributed by atoms with Crippen LogP contribution in [0.2, 0.25) is 0 Å². The summed E-state index contributed by atoms with van der Waals surface area (Å²) in [6, 6.07) is 3.84. The first-order chi connectivity index (χ1) is 12.0. The second kappa shape index (κ2) is 5.98. The summed E-state index contributed by atoms with van der Waals surface area (Å²) in [5.74, 6) is 1.03. The molecule has 4 heterocycles. The highest BCUT2D eigenvalue weighted by Crippen LogP contribution is 2.38. The van der Waals surface area contributed by atoms with Gasteiger partial charge in [-0.2, -0.15) is 0 Å². The zero-order valence-corrected chi connectivity index (χ0v) is 14.4. The van der Waals surface area contributed by atoms with Gasteiger partial charge in [-0.25, -0.2) is 19.7 Å². The van der Waals surface area contributed by atoms with E-state index in [1.54, 1.807) is 18.6 Å². The van der Waals surface area contributed by atoms with E-state index in [0.717, 1.165) is 37.4 Å². The minimum Gasteiger partial charge on any atom is -0.451 e. The van der Waals surface area contributed by atoms with Crippen LogP contribution in [-0.2, 0) is 10.3 Å². The Morgan fingerprint density at radius 3 is 2.84 bits per heavy atom. The molecule has 0 spiro atoms. The number of hydrogen-bond acceptors (Lipinski definition) is 7. The SMILES string of the molecule is CC1(C)OC(=O)c2c1ccnc2N[C@H]1CCCN(c2ncccn2)C1. The Labute approximate surface area is 146 Å². The third kappa shape index (κ3) is 2.90. The molecule has 4 rings (SSSR count). The Morgan fingerprint density at radius 1 is 1.24 bits per heavy atom. The lowest BCUT2D eigenvalue weighted by atomic mass is 9.97. The van der Waals surface area contributed by atoms with Crippen molar-refractivity contribution in [1.82, 2.24) is 15.0 Å². The molecule has 0 aromatic carbocycles. The first-order valence-electron chi connectivity index (χ1n) is 8.56. The van der Waals surface area contributed by atoms with Crippen LogP contribution in [0.5, 0.6) is 0 Å². The number of aromatic nitrogens is 3. The molecular formula is C18H21N5O2. The Bertz CT molecular complexity index is 793. The number of rotatable bonds is 3. The van der Waals surface area contributed by atoms with Gasteiger partial charge in [0.05, 0.1) is 0 Å². The molecule has 1 atom stereocenters. The van der Waals surface area contributed by atoms with Crippen molar-refractivity contribution in [1.29, 1.82) is 0 Å². The number of fused-ring (bicyclic) bond motifs is 1. The predicted molar refractivity (Wildman–Crippen MR) is 93.6 cm³/mol. The summed E-state index contributed by atoms with van der Waals surface area (Å²) in [4.78, 5) is 27.5. The second-order valence-electron chi connectivity index (χ2n) is 6.96. The van der Waals surface area contributed by atoms with Crippen molar-refractivity contribution in [2.45, 2.75) is 38.3 Å². The Morgan fingerprint density at radius 2 is 2.04 bits per heavy atom. The summed E-state index contributed by atoms with van der Waals surface area (Å²) in [5.41, 5.74) is 0.831. The van der Waals surface area contributed by atoms with Crippen LogP contribution in [0.1, 0.15) is 42.6 Å². The van der Waals surface area contributed by atoms with Crippen molar-refractivity contribution in [2.75, 3.05) is 23.3 Å². The van der Waals surface area contributed by atoms with Gasteiger partial charge in [0.15, 0.2) is 0 Å². The monoisotopic (exact) mass is 339 g/mol. The van der Waals surface area contributed by atoms with Crippen LogP contribution < -0.4 is 10.2 Å². The average Bonchev–Trinajstić information content (AvgIpc) is 2.86. The highest BCUT2D eigenvalue weighted by molar-refractivity contribution is 5.99. The number of pyridine rings is 1. The number of anilines is 2. The summed E-state index contributed by atoms with van der Waals surface area (Å²) in [5, 5.41) is 3.44. The third-order valence-corrected chi connectivity index (χ3v) is 4.75. The molecule has 25 heavy (non-hydrogen) atoms. The van der Waals surface area contributed by atoms with Gasteiger partial charge in [-0.1, -0.05) is 0 Å². The van der Waals surface area contributed by atoms with Crippen LogP contribution >= 0.6 is 0 Å². The van der Waals surface area contributed by atoms with Gasteiger partial charge in [0.25, 0.3) is 0 Å². The van der Waals surface area contributed by atoms with Crippen LogP contribution in [0.15, 0.2) is 30.7 Å². The summed E-state index contributed by atoms with van der Waals surface area (Å²) in [6.45, 7) is 5.50. The minimum absolute atomic E-state index is 0.174. The van der Waals surface area contributed by atoms with E-state index in [2.05, 4.69) is 25.2 Å². The molecule has 130 valence electrons. The van der Waals surface area contributed by atoms with Crippen LogP contribution in [0.3, 0.4) is 0 Å². The molecular weight excluding hydrogens is 318 g/mol. The van der Waals surface area contributed by atoms with E-state index < -0.39 is 5.60 Å². The second-order valence-corrected chi connectivity index (χ2v) is 6.96. The average molecular weight is 339 g/mol. The molecule has 0 bridgehead atoms. The Balaban J connectivity index is 1.55. The molecule has 1 saturated heterocycles. The fourth-order valence-electron chi connectivity index (χ4n) is 3.54. The molecule has 0 radical (unpaired) electrons. The molecule has 2 aromatic heterocycles. The molecule has 0 unspecified atom stereocenters. The maximum absolute atomic E-state index is 12.3. The largest absolute Gasteiger partial charge is 0.451 e. The van der Waals surface area contributed by atoms with Gasteiger partial charge in [-0.05, 0) is 38.8 Å². The first kappa shape index (κ1) is 15.8. The zero-order chi connectivity index (χ0) is 17.4. The molecule has 1 fully saturated rings. The molecule has 2 aromatic rings. The van der Waals surface area contributed by atoms with Gasteiger partial charge in [-0.3, -0.25) is 0 Å². The highest BCUT2D eigenvalue weighted by atomic mass is 16.6. The van der Waals surface area contributed by atoms with E-state index >= 15 is 0 Å². The summed E-state index contributed by atoms with van der Waals surface area (Å²) < 4.78 is 5.49. The fourth-order valence-corrected chi connectivity index (χ4v) is 3.54. The van der Waals surface area contributed by atoms with Gasteiger partial charge in [0.1, 0.15) is 17.0 Å². The zero-order valence-electron chi connectivity index (χ0n) is 14.4. The number of carbonyl (C=O) groups excluding carboxylic acids is 1. The number of carbonyl (C=O) groups is 1. The van der Waals surface area contributed by atoms with E-state index in [1.165, 1.54) is 0 Å². The number of piperidine rings is 1. The van der Waals surface area contributed by atoms with Gasteiger partial charge < -0.3 is 15.0 Å². The van der Waals surface area contributed by atoms with Crippen LogP contribution in [-0.4, -0.2) is 40.1 Å². The van der Waals surface area contributed by atoms with Crippen LogP contribution in [0, 0.1) is 0 Å². The Kier molecular flexibility index (Phi) is 3.78. The normalized spacial score (nSPS) is 21.6. The third-order valence-electron chi connectivity index (χ3n) is 4.75. The number of cyclic esters (lactones) is 1. The van der Waals surface area contributed by atoms with Crippen molar-refractivity contribution in [3.8, 4) is 0 Å². The molecule has 0 aliphatic carbocycles. The molecule has 7 heteroatoms. The lowest BCUT2D eigenvalue weighted by Crippen LogP contribution is -2.43. The molecule has 0 amide bonds. The molecule has 2 aliphatic heterocycles. The molecule has 7 nitrogen and oxygen atoms in total. The van der Waals surface area contributed by atoms with E-state index in [9.17, 15) is 4.79 Å². The molecule has 2 aliphatic rings. The lowest BCUT2D eigenvalue weighted by Gasteiger charge is -2.33. The maximum atomic E-state index is 12.3. The number of nitrogens with zero attached hydrogens (tertiary/aromatic N) is 4. The van der Waals surface area contributed by atoms with Gasteiger partial charge in [-0.15, -0.1) is 0 Å². The maximum Gasteiger partial charge on any atom is 0.343 e. The van der Waals surface area contributed by atoms with Gasteiger partial charge in [0, 0.05) is 43.3 Å². The highest BCUT2D eigenvalue weighted by Gasteiger charge is 2.40. The number of nitrogens with one attached hydrogen (secondary N) is 1. The quantitative estimate of drug-likeness (QED) is 0.860.